The van der Waals surface area contributed by atoms with Gasteiger partial charge in [0.05, 0.1) is 18.2 Å². The Kier molecular flexibility index (Phi) is 9.55. The van der Waals surface area contributed by atoms with Crippen LogP contribution in [0.25, 0.3) is 5.76 Å². The zero-order valence-electron chi connectivity index (χ0n) is 23.2. The predicted molar refractivity (Wildman–Crippen MR) is 149 cm³/mol. The highest BCUT2D eigenvalue weighted by Gasteiger charge is 2.46. The van der Waals surface area contributed by atoms with Crippen molar-refractivity contribution in [3.05, 3.63) is 70.8 Å². The van der Waals surface area contributed by atoms with Crippen molar-refractivity contribution in [2.24, 2.45) is 0 Å². The van der Waals surface area contributed by atoms with Crippen molar-refractivity contribution >= 4 is 17.4 Å². The number of likely N-dealkylation sites (tertiary alicyclic amines) is 1. The largest absolute Gasteiger partial charge is 0.507 e. The Morgan fingerprint density at radius 3 is 2.30 bits per heavy atom. The molecular weight excluding hydrogens is 464 g/mol. The van der Waals surface area contributed by atoms with Crippen LogP contribution >= 0.6 is 0 Å². The number of hydrogen-bond donors (Lipinski definition) is 1. The Balaban J connectivity index is 2.07. The highest BCUT2D eigenvalue weighted by atomic mass is 16.5. The molecule has 3 rings (SSSR count). The average Bonchev–Trinajstić information content (AvgIpc) is 3.14. The number of aliphatic hydroxyl groups is 1. The van der Waals surface area contributed by atoms with Gasteiger partial charge in [-0.05, 0) is 48.2 Å². The van der Waals surface area contributed by atoms with Gasteiger partial charge in [-0.1, -0.05) is 84.4 Å². The second kappa shape index (κ2) is 12.4. The number of Topliss-reactive ketones (excluding diaryl/α,β-unsaturated/α-hetero) is 1. The van der Waals surface area contributed by atoms with Gasteiger partial charge in [0.25, 0.3) is 11.7 Å². The van der Waals surface area contributed by atoms with Gasteiger partial charge < -0.3 is 19.6 Å². The molecule has 1 amide bonds. The van der Waals surface area contributed by atoms with E-state index in [1.54, 1.807) is 23.1 Å². The summed E-state index contributed by atoms with van der Waals surface area (Å²) in [7, 11) is 0. The fourth-order valence-electron chi connectivity index (χ4n) is 4.63. The third kappa shape index (κ3) is 6.61. The van der Waals surface area contributed by atoms with Gasteiger partial charge in [-0.25, -0.2) is 0 Å². The third-order valence-corrected chi connectivity index (χ3v) is 7.06. The van der Waals surface area contributed by atoms with E-state index in [1.165, 1.54) is 0 Å². The number of aliphatic hydroxyl groups excluding tert-OH is 1. The zero-order valence-corrected chi connectivity index (χ0v) is 23.2. The lowest BCUT2D eigenvalue weighted by Gasteiger charge is -2.28. The van der Waals surface area contributed by atoms with E-state index < -0.39 is 17.7 Å². The van der Waals surface area contributed by atoms with Crippen molar-refractivity contribution in [1.29, 1.82) is 0 Å². The number of carbonyl (C=O) groups is 2. The number of ketones is 1. The smallest absolute Gasteiger partial charge is 0.295 e. The van der Waals surface area contributed by atoms with Crippen LogP contribution in [-0.2, 0) is 15.0 Å². The molecule has 200 valence electrons. The molecule has 1 fully saturated rings. The Morgan fingerprint density at radius 2 is 1.70 bits per heavy atom. The summed E-state index contributed by atoms with van der Waals surface area (Å²) in [5, 5.41) is 11.4. The van der Waals surface area contributed by atoms with Gasteiger partial charge in [0, 0.05) is 18.7 Å². The number of nitrogens with zero attached hydrogens (tertiary/aromatic N) is 2. The van der Waals surface area contributed by atoms with Gasteiger partial charge in [-0.15, -0.1) is 0 Å². The van der Waals surface area contributed by atoms with Crippen LogP contribution in [0, 0.1) is 0 Å². The van der Waals surface area contributed by atoms with E-state index in [9.17, 15) is 14.7 Å². The van der Waals surface area contributed by atoms with E-state index in [2.05, 4.69) is 46.4 Å². The molecule has 1 saturated heterocycles. The summed E-state index contributed by atoms with van der Waals surface area (Å²) in [6, 6.07) is 14.5. The van der Waals surface area contributed by atoms with Crippen LogP contribution in [-0.4, -0.2) is 59.4 Å². The molecule has 0 bridgehead atoms. The minimum absolute atomic E-state index is 0.0265. The molecule has 1 aliphatic rings. The SMILES string of the molecule is CCCCOc1cccc(C(O)=C2C(=O)C(=O)N(CCN(CC)CC)C2c2ccc(C(C)(C)C)cc2)c1. The summed E-state index contributed by atoms with van der Waals surface area (Å²) >= 11 is 0. The molecular formula is C31H42N2O4. The van der Waals surface area contributed by atoms with Crippen molar-refractivity contribution in [3.8, 4) is 5.75 Å². The molecule has 1 unspecified atom stereocenters. The average molecular weight is 507 g/mol. The van der Waals surface area contributed by atoms with E-state index in [1.807, 2.05) is 30.3 Å². The van der Waals surface area contributed by atoms with Crippen molar-refractivity contribution < 1.29 is 19.4 Å². The second-order valence-electron chi connectivity index (χ2n) is 10.6. The molecule has 1 N–H and O–H groups in total. The van der Waals surface area contributed by atoms with Crippen LogP contribution in [0.4, 0.5) is 0 Å². The van der Waals surface area contributed by atoms with E-state index in [4.69, 9.17) is 4.74 Å². The van der Waals surface area contributed by atoms with Crippen molar-refractivity contribution in [1.82, 2.24) is 9.80 Å². The number of hydrogen-bond acceptors (Lipinski definition) is 5. The number of carbonyl (C=O) groups excluding carboxylic acids is 2. The highest BCUT2D eigenvalue weighted by molar-refractivity contribution is 6.46. The molecule has 1 atom stereocenters. The normalized spacial score (nSPS) is 17.6. The first-order valence-corrected chi connectivity index (χ1v) is 13.5. The summed E-state index contributed by atoms with van der Waals surface area (Å²) < 4.78 is 5.81. The van der Waals surface area contributed by atoms with Crippen LogP contribution in [0.1, 0.15) is 77.1 Å². The Labute approximate surface area is 221 Å². The minimum Gasteiger partial charge on any atom is -0.507 e. The van der Waals surface area contributed by atoms with Crippen molar-refractivity contribution in [2.75, 3.05) is 32.8 Å². The van der Waals surface area contributed by atoms with Gasteiger partial charge in [0.1, 0.15) is 11.5 Å². The topological polar surface area (TPSA) is 70.1 Å². The molecule has 0 aromatic heterocycles. The number of likely N-dealkylation sites (N-methyl/N-ethyl adjacent to an activating group) is 1. The monoisotopic (exact) mass is 506 g/mol. The molecule has 6 nitrogen and oxygen atoms in total. The first-order chi connectivity index (χ1) is 17.6. The molecule has 0 aliphatic carbocycles. The van der Waals surface area contributed by atoms with Gasteiger partial charge in [0.15, 0.2) is 0 Å². The Hall–Kier alpha value is -3.12. The van der Waals surface area contributed by atoms with Crippen LogP contribution in [0.15, 0.2) is 54.1 Å². The number of ether oxygens (including phenoxy) is 1. The molecule has 0 saturated carbocycles. The summed E-state index contributed by atoms with van der Waals surface area (Å²) in [5.41, 5.74) is 2.53. The fourth-order valence-corrected chi connectivity index (χ4v) is 4.63. The molecule has 6 heteroatoms. The van der Waals surface area contributed by atoms with E-state index in [0.717, 1.165) is 37.1 Å². The molecule has 1 heterocycles. The number of unbranched alkanes of at least 4 members (excludes halogenated alkanes) is 1. The van der Waals surface area contributed by atoms with Gasteiger partial charge in [-0.3, -0.25) is 9.59 Å². The second-order valence-corrected chi connectivity index (χ2v) is 10.6. The standard InChI is InChI=1S/C31H42N2O4/c1-7-10-20-37-25-13-11-12-23(21-25)28(34)26-27(22-14-16-24(17-15-22)31(4,5)6)33(30(36)29(26)35)19-18-32(8-2)9-3/h11-17,21,27,34H,7-10,18-20H2,1-6H3. The predicted octanol–water partition coefficient (Wildman–Crippen LogP) is 5.93. The van der Waals surface area contributed by atoms with E-state index in [0.29, 0.717) is 31.0 Å². The molecule has 0 spiro atoms. The van der Waals surface area contributed by atoms with Crippen LogP contribution in [0.3, 0.4) is 0 Å². The Morgan fingerprint density at radius 1 is 1.03 bits per heavy atom. The molecule has 1 aliphatic heterocycles. The first-order valence-electron chi connectivity index (χ1n) is 13.5. The maximum atomic E-state index is 13.4. The molecule has 2 aromatic rings. The zero-order chi connectivity index (χ0) is 27.2. The maximum Gasteiger partial charge on any atom is 0.295 e. The Bertz CT molecular complexity index is 1110. The highest BCUT2D eigenvalue weighted by Crippen LogP contribution is 2.40. The van der Waals surface area contributed by atoms with Gasteiger partial charge in [0.2, 0.25) is 0 Å². The van der Waals surface area contributed by atoms with Crippen LogP contribution in [0.5, 0.6) is 5.75 Å². The first kappa shape index (κ1) is 28.5. The summed E-state index contributed by atoms with van der Waals surface area (Å²) in [4.78, 5) is 30.5. The summed E-state index contributed by atoms with van der Waals surface area (Å²) in [6.07, 6.45) is 1.95. The molecule has 37 heavy (non-hydrogen) atoms. The summed E-state index contributed by atoms with van der Waals surface area (Å²) in [5.74, 6) is -0.776. The van der Waals surface area contributed by atoms with Crippen molar-refractivity contribution in [2.45, 2.75) is 65.8 Å². The van der Waals surface area contributed by atoms with Gasteiger partial charge >= 0.3 is 0 Å². The van der Waals surface area contributed by atoms with Crippen LogP contribution in [0.2, 0.25) is 0 Å². The summed E-state index contributed by atoms with van der Waals surface area (Å²) in [6.45, 7) is 16.0. The van der Waals surface area contributed by atoms with E-state index >= 15 is 0 Å². The van der Waals surface area contributed by atoms with Crippen molar-refractivity contribution in [3.63, 3.8) is 0 Å². The molecule has 0 radical (unpaired) electrons. The van der Waals surface area contributed by atoms with E-state index in [-0.39, 0.29) is 16.7 Å². The number of amides is 1. The number of benzene rings is 2. The lowest BCUT2D eigenvalue weighted by Crippen LogP contribution is -2.38. The minimum atomic E-state index is -0.658. The fraction of sp³-hybridized carbons (Fsp3) is 0.484. The maximum absolute atomic E-state index is 13.4. The van der Waals surface area contributed by atoms with Gasteiger partial charge in [-0.2, -0.15) is 0 Å². The van der Waals surface area contributed by atoms with Crippen LogP contribution < -0.4 is 4.74 Å². The lowest BCUT2D eigenvalue weighted by molar-refractivity contribution is -0.140. The lowest BCUT2D eigenvalue weighted by atomic mass is 9.85. The number of rotatable bonds is 11. The third-order valence-electron chi connectivity index (χ3n) is 7.06. The quantitative estimate of drug-likeness (QED) is 0.177. The molecule has 2 aromatic carbocycles.